The second-order valence-corrected chi connectivity index (χ2v) is 11.1. The van der Waals surface area contributed by atoms with Crippen molar-refractivity contribution in [2.45, 2.75) is 32.9 Å². The summed E-state index contributed by atoms with van der Waals surface area (Å²) in [6, 6.07) is 22.1. The number of carbonyl (C=O) groups excluding carboxylic acids is 2. The van der Waals surface area contributed by atoms with Crippen molar-refractivity contribution in [1.82, 2.24) is 15.2 Å². The summed E-state index contributed by atoms with van der Waals surface area (Å²) in [5.74, 6) is -0.710. The molecule has 9 nitrogen and oxygen atoms in total. The monoisotopic (exact) mass is 624 g/mol. The minimum absolute atomic E-state index is 0.0113. The molecule has 4 aromatic rings. The van der Waals surface area contributed by atoms with Crippen LogP contribution in [0.1, 0.15) is 46.5 Å². The zero-order chi connectivity index (χ0) is 32.6. The highest BCUT2D eigenvalue weighted by atomic mass is 19.1. The smallest absolute Gasteiger partial charge is 0.257 e. The Morgan fingerprint density at radius 1 is 0.978 bits per heavy atom. The molecule has 0 bridgehead atoms. The van der Waals surface area contributed by atoms with Gasteiger partial charge in [-0.25, -0.2) is 9.37 Å². The number of nitrogens with two attached hydrogens (primary N) is 2. The summed E-state index contributed by atoms with van der Waals surface area (Å²) in [7, 11) is 0. The maximum atomic E-state index is 15.8. The predicted molar refractivity (Wildman–Crippen MR) is 179 cm³/mol. The van der Waals surface area contributed by atoms with E-state index < -0.39 is 5.82 Å². The molecule has 0 unspecified atom stereocenters. The lowest BCUT2D eigenvalue weighted by molar-refractivity contribution is 0.0715. The standard InChI is InChI=1S/C36H41FN6O3/c1-3-27-23-42(36(45)32-28(24-9-6-5-7-10-24)14-12-26(22-39)33(32)37)19-20-43(27)31-15-13-25(21-30(31)34(44)40-18-16-38)29-11-8-17-41-35(29)46-4-2/h5-15,17,21,27H,3-4,16,18-20,22-23,38-39H2,1-2H3,(H,40,44)/t27-/m1/s1. The Morgan fingerprint density at radius 2 is 1.78 bits per heavy atom. The van der Waals surface area contributed by atoms with Crippen molar-refractivity contribution in [3.05, 3.63) is 102 Å². The molecule has 10 heteroatoms. The van der Waals surface area contributed by atoms with E-state index >= 15 is 4.39 Å². The Kier molecular flexibility index (Phi) is 10.6. The highest BCUT2D eigenvalue weighted by Gasteiger charge is 2.33. The lowest BCUT2D eigenvalue weighted by Crippen LogP contribution is -2.55. The summed E-state index contributed by atoms with van der Waals surface area (Å²) in [5.41, 5.74) is 16.0. The third-order valence-electron chi connectivity index (χ3n) is 8.33. The molecule has 1 atom stereocenters. The van der Waals surface area contributed by atoms with Gasteiger partial charge in [0.1, 0.15) is 5.82 Å². The molecule has 5 N–H and O–H groups in total. The van der Waals surface area contributed by atoms with Crippen LogP contribution in [-0.2, 0) is 6.54 Å². The van der Waals surface area contributed by atoms with E-state index in [-0.39, 0.29) is 30.0 Å². The number of hydrogen-bond acceptors (Lipinski definition) is 7. The number of piperazine rings is 1. The molecule has 0 spiro atoms. The molecule has 46 heavy (non-hydrogen) atoms. The van der Waals surface area contributed by atoms with E-state index in [1.165, 1.54) is 0 Å². The molecule has 2 heterocycles. The molecule has 1 aliphatic rings. The number of pyridine rings is 1. The zero-order valence-corrected chi connectivity index (χ0v) is 26.3. The van der Waals surface area contributed by atoms with Gasteiger partial charge in [-0.15, -0.1) is 0 Å². The molecule has 1 fully saturated rings. The average molecular weight is 625 g/mol. The van der Waals surface area contributed by atoms with E-state index in [4.69, 9.17) is 16.2 Å². The van der Waals surface area contributed by atoms with Gasteiger partial charge in [-0.1, -0.05) is 55.5 Å². The first-order chi connectivity index (χ1) is 22.4. The minimum atomic E-state index is -0.583. The summed E-state index contributed by atoms with van der Waals surface area (Å²) >= 11 is 0. The van der Waals surface area contributed by atoms with Crippen molar-refractivity contribution in [3.63, 3.8) is 0 Å². The Balaban J connectivity index is 1.48. The molecular weight excluding hydrogens is 583 g/mol. The molecule has 1 saturated heterocycles. The Labute approximate surface area is 269 Å². The van der Waals surface area contributed by atoms with E-state index in [0.29, 0.717) is 68.3 Å². The first kappa shape index (κ1) is 32.6. The number of aromatic nitrogens is 1. The molecule has 1 aliphatic heterocycles. The van der Waals surface area contributed by atoms with Crippen LogP contribution < -0.4 is 26.4 Å². The molecule has 240 valence electrons. The maximum Gasteiger partial charge on any atom is 0.257 e. The van der Waals surface area contributed by atoms with Crippen LogP contribution >= 0.6 is 0 Å². The average Bonchev–Trinajstić information content (AvgIpc) is 3.10. The van der Waals surface area contributed by atoms with Gasteiger partial charge in [-0.2, -0.15) is 0 Å². The first-order valence-corrected chi connectivity index (χ1v) is 15.7. The van der Waals surface area contributed by atoms with Crippen molar-refractivity contribution < 1.29 is 18.7 Å². The van der Waals surface area contributed by atoms with Crippen LogP contribution in [0.5, 0.6) is 5.88 Å². The zero-order valence-electron chi connectivity index (χ0n) is 26.3. The van der Waals surface area contributed by atoms with E-state index in [2.05, 4.69) is 15.2 Å². The largest absolute Gasteiger partial charge is 0.478 e. The topological polar surface area (TPSA) is 127 Å². The highest BCUT2D eigenvalue weighted by Crippen LogP contribution is 2.35. The molecular formula is C36H41FN6O3. The maximum absolute atomic E-state index is 15.8. The third kappa shape index (κ3) is 6.73. The van der Waals surface area contributed by atoms with Crippen molar-refractivity contribution in [2.75, 3.05) is 44.2 Å². The summed E-state index contributed by atoms with van der Waals surface area (Å²) in [6.07, 6.45) is 2.37. The lowest BCUT2D eigenvalue weighted by atomic mass is 9.95. The number of amides is 2. The van der Waals surface area contributed by atoms with Gasteiger partial charge < -0.3 is 31.3 Å². The molecule has 2 amide bonds. The van der Waals surface area contributed by atoms with E-state index in [9.17, 15) is 9.59 Å². The van der Waals surface area contributed by atoms with Gasteiger partial charge in [0.2, 0.25) is 5.88 Å². The van der Waals surface area contributed by atoms with Crippen LogP contribution in [0.15, 0.2) is 79.0 Å². The number of rotatable bonds is 11. The molecule has 5 rings (SSSR count). The highest BCUT2D eigenvalue weighted by molar-refractivity contribution is 6.03. The molecule has 3 aromatic carbocycles. The fourth-order valence-corrected chi connectivity index (χ4v) is 5.99. The van der Waals surface area contributed by atoms with Crippen molar-refractivity contribution in [1.29, 1.82) is 0 Å². The van der Waals surface area contributed by atoms with E-state index in [1.807, 2.05) is 74.5 Å². The molecule has 0 saturated carbocycles. The predicted octanol–water partition coefficient (Wildman–Crippen LogP) is 4.84. The van der Waals surface area contributed by atoms with Gasteiger partial charge in [0.05, 0.1) is 17.7 Å². The van der Waals surface area contributed by atoms with Gasteiger partial charge in [-0.3, -0.25) is 9.59 Å². The number of ether oxygens (including phenoxy) is 1. The fraction of sp³-hybridized carbons (Fsp3) is 0.306. The number of nitrogens with one attached hydrogen (secondary N) is 1. The van der Waals surface area contributed by atoms with Crippen LogP contribution in [0, 0.1) is 5.82 Å². The summed E-state index contributed by atoms with van der Waals surface area (Å²) in [6.45, 7) is 6.19. The van der Waals surface area contributed by atoms with Crippen molar-refractivity contribution in [2.24, 2.45) is 11.5 Å². The van der Waals surface area contributed by atoms with Gasteiger partial charge in [-0.05, 0) is 54.3 Å². The fourth-order valence-electron chi connectivity index (χ4n) is 5.99. The minimum Gasteiger partial charge on any atom is -0.478 e. The van der Waals surface area contributed by atoms with E-state index in [0.717, 1.165) is 22.4 Å². The van der Waals surface area contributed by atoms with Crippen LogP contribution in [0.2, 0.25) is 0 Å². The van der Waals surface area contributed by atoms with Crippen LogP contribution in [0.3, 0.4) is 0 Å². The number of carbonyl (C=O) groups is 2. The second kappa shape index (κ2) is 15.0. The quantitative estimate of drug-likeness (QED) is 0.218. The van der Waals surface area contributed by atoms with Gasteiger partial charge >= 0.3 is 0 Å². The van der Waals surface area contributed by atoms with E-state index in [1.54, 1.807) is 23.2 Å². The first-order valence-electron chi connectivity index (χ1n) is 15.7. The summed E-state index contributed by atoms with van der Waals surface area (Å²) < 4.78 is 21.6. The van der Waals surface area contributed by atoms with Gasteiger partial charge in [0, 0.05) is 68.3 Å². The summed E-state index contributed by atoms with van der Waals surface area (Å²) in [5, 5.41) is 2.91. The third-order valence-corrected chi connectivity index (χ3v) is 8.33. The molecule has 0 aliphatic carbocycles. The summed E-state index contributed by atoms with van der Waals surface area (Å²) in [4.78, 5) is 35.9. The Hall–Kier alpha value is -4.80. The number of nitrogens with zero attached hydrogens (tertiary/aromatic N) is 3. The number of benzene rings is 3. The number of hydrogen-bond donors (Lipinski definition) is 3. The normalized spacial score (nSPS) is 14.7. The number of anilines is 1. The molecule has 1 aromatic heterocycles. The van der Waals surface area contributed by atoms with Crippen LogP contribution in [0.25, 0.3) is 22.3 Å². The van der Waals surface area contributed by atoms with Crippen molar-refractivity contribution in [3.8, 4) is 28.1 Å². The Morgan fingerprint density at radius 3 is 2.50 bits per heavy atom. The molecule has 0 radical (unpaired) electrons. The van der Waals surface area contributed by atoms with Gasteiger partial charge in [0.25, 0.3) is 11.8 Å². The second-order valence-electron chi connectivity index (χ2n) is 11.1. The SMILES string of the molecule is CCOc1ncccc1-c1ccc(N2CCN(C(=O)c3c(-c4ccccc4)ccc(CN)c3F)C[C@H]2CC)c(C(=O)NCCN)c1. The van der Waals surface area contributed by atoms with Crippen LogP contribution in [0.4, 0.5) is 10.1 Å². The van der Waals surface area contributed by atoms with Crippen LogP contribution in [-0.4, -0.2) is 67.1 Å². The number of halogens is 1. The van der Waals surface area contributed by atoms with Gasteiger partial charge in [0.15, 0.2) is 0 Å². The van der Waals surface area contributed by atoms with Crippen molar-refractivity contribution >= 4 is 17.5 Å². The Bertz CT molecular complexity index is 1680. The lowest BCUT2D eigenvalue weighted by Gasteiger charge is -2.43.